The van der Waals surface area contributed by atoms with E-state index in [-0.39, 0.29) is 0 Å². The summed E-state index contributed by atoms with van der Waals surface area (Å²) >= 11 is 0. The summed E-state index contributed by atoms with van der Waals surface area (Å²) < 4.78 is 37.6. The molecule has 0 radical (unpaired) electrons. The largest absolute Gasteiger partial charge is 0.416 e. The predicted octanol–water partition coefficient (Wildman–Crippen LogP) is 3.77. The highest BCUT2D eigenvalue weighted by molar-refractivity contribution is 5.58. The Morgan fingerprint density at radius 3 is 2.25 bits per heavy atom. The van der Waals surface area contributed by atoms with Crippen LogP contribution >= 0.6 is 0 Å². The quantitative estimate of drug-likeness (QED) is 0.930. The van der Waals surface area contributed by atoms with Gasteiger partial charge in [-0.05, 0) is 18.6 Å². The van der Waals surface area contributed by atoms with Crippen LogP contribution in [0.15, 0.2) is 30.3 Å². The topological polar surface area (TPSA) is 37.8 Å². The van der Waals surface area contributed by atoms with Crippen LogP contribution in [-0.2, 0) is 12.6 Å². The van der Waals surface area contributed by atoms with Gasteiger partial charge in [-0.2, -0.15) is 13.2 Å². The van der Waals surface area contributed by atoms with Gasteiger partial charge in [-0.15, -0.1) is 0 Å². The van der Waals surface area contributed by atoms with E-state index in [1.807, 2.05) is 13.0 Å². The number of alkyl halides is 3. The molecule has 0 unspecified atom stereocenters. The molecule has 0 spiro atoms. The third-order valence-electron chi connectivity index (χ3n) is 2.87. The zero-order chi connectivity index (χ0) is 14.8. The molecule has 0 aliphatic rings. The van der Waals surface area contributed by atoms with Crippen molar-refractivity contribution < 1.29 is 13.2 Å². The zero-order valence-corrected chi connectivity index (χ0v) is 11.1. The van der Waals surface area contributed by atoms with Crippen LogP contribution in [0.2, 0.25) is 0 Å². The Balaban J connectivity index is 2.41. The molecule has 0 bridgehead atoms. The predicted molar refractivity (Wildman–Crippen MR) is 71.4 cm³/mol. The molecule has 2 aromatic rings. The molecule has 0 saturated carbocycles. The van der Waals surface area contributed by atoms with E-state index >= 15 is 0 Å². The van der Waals surface area contributed by atoms with Crippen molar-refractivity contribution in [3.8, 4) is 11.4 Å². The molecule has 106 valence electrons. The highest BCUT2D eigenvalue weighted by atomic mass is 19.4. The SMILES string of the molecule is CCc1cc(NC)nc(-c2ccc(C(F)(F)F)cc2)n1. The molecule has 1 N–H and O–H groups in total. The molecule has 1 aromatic carbocycles. The minimum absolute atomic E-state index is 0.419. The van der Waals surface area contributed by atoms with E-state index in [0.29, 0.717) is 17.2 Å². The van der Waals surface area contributed by atoms with Crippen LogP contribution in [0.1, 0.15) is 18.2 Å². The van der Waals surface area contributed by atoms with Crippen LogP contribution in [0.4, 0.5) is 19.0 Å². The molecule has 6 heteroatoms. The number of aryl methyl sites for hydroxylation is 1. The van der Waals surface area contributed by atoms with Gasteiger partial charge in [0, 0.05) is 24.4 Å². The molecule has 0 atom stereocenters. The second-order valence-corrected chi connectivity index (χ2v) is 4.25. The lowest BCUT2D eigenvalue weighted by Gasteiger charge is -2.09. The van der Waals surface area contributed by atoms with Crippen molar-refractivity contribution in [2.45, 2.75) is 19.5 Å². The molecule has 2 rings (SSSR count). The summed E-state index contributed by atoms with van der Waals surface area (Å²) in [6.07, 6.45) is -3.61. The number of hydrogen-bond donors (Lipinski definition) is 1. The summed E-state index contributed by atoms with van der Waals surface area (Å²) in [6.45, 7) is 1.96. The van der Waals surface area contributed by atoms with Gasteiger partial charge in [0.25, 0.3) is 0 Å². The standard InChI is InChI=1S/C14H14F3N3/c1-3-11-8-12(18-2)20-13(19-11)9-4-6-10(7-5-9)14(15,16)17/h4-8H,3H2,1-2H3,(H,18,19,20). The van der Waals surface area contributed by atoms with Gasteiger partial charge in [-0.25, -0.2) is 9.97 Å². The van der Waals surface area contributed by atoms with Crippen molar-refractivity contribution in [1.82, 2.24) is 9.97 Å². The number of benzene rings is 1. The van der Waals surface area contributed by atoms with E-state index in [1.165, 1.54) is 12.1 Å². The van der Waals surface area contributed by atoms with E-state index in [2.05, 4.69) is 15.3 Å². The molecule has 0 aliphatic heterocycles. The second kappa shape index (κ2) is 5.48. The number of nitrogens with one attached hydrogen (secondary N) is 1. The van der Waals surface area contributed by atoms with Crippen LogP contribution < -0.4 is 5.32 Å². The number of nitrogens with zero attached hydrogens (tertiary/aromatic N) is 2. The lowest BCUT2D eigenvalue weighted by molar-refractivity contribution is -0.137. The van der Waals surface area contributed by atoms with Crippen molar-refractivity contribution in [2.24, 2.45) is 0 Å². The Bertz CT molecular complexity index is 569. The highest BCUT2D eigenvalue weighted by Gasteiger charge is 2.30. The number of halogens is 3. The summed E-state index contributed by atoms with van der Waals surface area (Å²) in [5, 5.41) is 2.92. The molecule has 0 saturated heterocycles. The Labute approximate surface area is 114 Å². The Morgan fingerprint density at radius 1 is 1.10 bits per heavy atom. The molecule has 0 fully saturated rings. The van der Waals surface area contributed by atoms with Gasteiger partial charge >= 0.3 is 6.18 Å². The van der Waals surface area contributed by atoms with Crippen LogP contribution in [0.25, 0.3) is 11.4 Å². The van der Waals surface area contributed by atoms with E-state index in [0.717, 1.165) is 24.2 Å². The van der Waals surface area contributed by atoms with Gasteiger partial charge < -0.3 is 5.32 Å². The van der Waals surface area contributed by atoms with E-state index in [9.17, 15) is 13.2 Å². The maximum absolute atomic E-state index is 12.5. The van der Waals surface area contributed by atoms with Gasteiger partial charge in [0.05, 0.1) is 5.56 Å². The van der Waals surface area contributed by atoms with Crippen LogP contribution in [0.5, 0.6) is 0 Å². The molecular formula is C14H14F3N3. The second-order valence-electron chi connectivity index (χ2n) is 4.25. The van der Waals surface area contributed by atoms with Crippen molar-refractivity contribution in [1.29, 1.82) is 0 Å². The number of rotatable bonds is 3. The summed E-state index contributed by atoms with van der Waals surface area (Å²) in [5.41, 5.74) is 0.714. The van der Waals surface area contributed by atoms with E-state index in [1.54, 1.807) is 7.05 Å². The summed E-state index contributed by atoms with van der Waals surface area (Å²) in [5.74, 6) is 1.06. The van der Waals surface area contributed by atoms with E-state index in [4.69, 9.17) is 0 Å². The third-order valence-corrected chi connectivity index (χ3v) is 2.87. The van der Waals surface area contributed by atoms with Crippen LogP contribution in [0.3, 0.4) is 0 Å². The normalized spacial score (nSPS) is 11.4. The fourth-order valence-corrected chi connectivity index (χ4v) is 1.74. The number of hydrogen-bond acceptors (Lipinski definition) is 3. The van der Waals surface area contributed by atoms with Gasteiger partial charge in [-0.1, -0.05) is 19.1 Å². The minimum atomic E-state index is -4.33. The lowest BCUT2D eigenvalue weighted by Crippen LogP contribution is -2.04. The third kappa shape index (κ3) is 3.07. The average molecular weight is 281 g/mol. The summed E-state index contributed by atoms with van der Waals surface area (Å²) in [4.78, 5) is 8.59. The summed E-state index contributed by atoms with van der Waals surface area (Å²) in [7, 11) is 1.73. The zero-order valence-electron chi connectivity index (χ0n) is 11.1. The Hall–Kier alpha value is -2.11. The monoisotopic (exact) mass is 281 g/mol. The molecule has 0 aliphatic carbocycles. The molecule has 0 amide bonds. The maximum atomic E-state index is 12.5. The first kappa shape index (κ1) is 14.3. The van der Waals surface area contributed by atoms with Gasteiger partial charge in [0.1, 0.15) is 5.82 Å². The van der Waals surface area contributed by atoms with Crippen LogP contribution in [-0.4, -0.2) is 17.0 Å². The molecule has 20 heavy (non-hydrogen) atoms. The van der Waals surface area contributed by atoms with Gasteiger partial charge in [-0.3, -0.25) is 0 Å². The lowest BCUT2D eigenvalue weighted by atomic mass is 10.1. The minimum Gasteiger partial charge on any atom is -0.373 e. The smallest absolute Gasteiger partial charge is 0.373 e. The van der Waals surface area contributed by atoms with Crippen molar-refractivity contribution in [3.63, 3.8) is 0 Å². The number of aromatic nitrogens is 2. The fourth-order valence-electron chi connectivity index (χ4n) is 1.74. The summed E-state index contributed by atoms with van der Waals surface area (Å²) in [6, 6.07) is 6.66. The van der Waals surface area contributed by atoms with Crippen molar-refractivity contribution in [3.05, 3.63) is 41.6 Å². The first-order valence-electron chi connectivity index (χ1n) is 6.17. The van der Waals surface area contributed by atoms with Crippen LogP contribution in [0, 0.1) is 0 Å². The average Bonchev–Trinajstić information content (AvgIpc) is 2.46. The molecule has 3 nitrogen and oxygen atoms in total. The first-order valence-corrected chi connectivity index (χ1v) is 6.17. The number of anilines is 1. The maximum Gasteiger partial charge on any atom is 0.416 e. The van der Waals surface area contributed by atoms with E-state index < -0.39 is 11.7 Å². The highest BCUT2D eigenvalue weighted by Crippen LogP contribution is 2.30. The fraction of sp³-hybridized carbons (Fsp3) is 0.286. The van der Waals surface area contributed by atoms with Crippen molar-refractivity contribution >= 4 is 5.82 Å². The molecule has 1 aromatic heterocycles. The van der Waals surface area contributed by atoms with Crippen molar-refractivity contribution in [2.75, 3.05) is 12.4 Å². The van der Waals surface area contributed by atoms with Gasteiger partial charge in [0.15, 0.2) is 5.82 Å². The van der Waals surface area contributed by atoms with Gasteiger partial charge in [0.2, 0.25) is 0 Å². The Kier molecular flexibility index (Phi) is 3.92. The molecule has 1 heterocycles. The first-order chi connectivity index (χ1) is 9.44. The Morgan fingerprint density at radius 2 is 1.75 bits per heavy atom. The molecular weight excluding hydrogens is 267 g/mol.